The second-order valence-corrected chi connectivity index (χ2v) is 5.84. The van der Waals surface area contributed by atoms with Crippen molar-refractivity contribution >= 4 is 23.2 Å². The van der Waals surface area contributed by atoms with E-state index in [2.05, 4.69) is 5.10 Å². The molecule has 0 aliphatic carbocycles. The Morgan fingerprint density at radius 2 is 1.63 bits per heavy atom. The molecule has 0 fully saturated rings. The molecule has 27 heavy (non-hydrogen) atoms. The molecule has 0 aliphatic rings. The van der Waals surface area contributed by atoms with Gasteiger partial charge in [0.25, 0.3) is 5.91 Å². The number of alkyl halides is 3. The Morgan fingerprint density at radius 1 is 1.04 bits per heavy atom. The van der Waals surface area contributed by atoms with Gasteiger partial charge in [0.15, 0.2) is 5.69 Å². The van der Waals surface area contributed by atoms with Crippen molar-refractivity contribution in [2.45, 2.75) is 6.18 Å². The van der Waals surface area contributed by atoms with Crippen LogP contribution in [-0.4, -0.2) is 15.7 Å². The van der Waals surface area contributed by atoms with Crippen LogP contribution in [0.1, 0.15) is 16.1 Å². The first-order valence-corrected chi connectivity index (χ1v) is 7.71. The second-order valence-electron chi connectivity index (χ2n) is 5.41. The lowest BCUT2D eigenvalue weighted by Gasteiger charge is -2.13. The minimum Gasteiger partial charge on any atom is -0.322 e. The lowest BCUT2D eigenvalue weighted by atomic mass is 10.2. The summed E-state index contributed by atoms with van der Waals surface area (Å²) in [6.45, 7) is 0. The van der Waals surface area contributed by atoms with Crippen LogP contribution in [0.15, 0.2) is 48.7 Å². The first-order chi connectivity index (χ1) is 12.6. The molecule has 0 bridgehead atoms. The highest BCUT2D eigenvalue weighted by Gasteiger charge is 2.40. The van der Waals surface area contributed by atoms with Crippen LogP contribution in [-0.2, 0) is 6.18 Å². The number of aromatic nitrogens is 2. The monoisotopic (exact) mass is 401 g/mol. The highest BCUT2D eigenvalue weighted by Crippen LogP contribution is 2.34. The molecule has 2 aromatic carbocycles. The summed E-state index contributed by atoms with van der Waals surface area (Å²) in [6.07, 6.45) is -4.20. The van der Waals surface area contributed by atoms with Crippen molar-refractivity contribution in [2.24, 2.45) is 0 Å². The zero-order valence-electron chi connectivity index (χ0n) is 13.2. The molecule has 0 aliphatic heterocycles. The number of nitrogens with one attached hydrogen (secondary N) is 1. The van der Waals surface area contributed by atoms with E-state index in [-0.39, 0.29) is 11.4 Å². The first kappa shape index (κ1) is 18.8. The summed E-state index contributed by atoms with van der Waals surface area (Å²) in [5.74, 6) is -3.19. The lowest BCUT2D eigenvalue weighted by Crippen LogP contribution is -2.20. The molecule has 1 amide bonds. The third-order valence-electron chi connectivity index (χ3n) is 3.47. The molecule has 140 valence electrons. The number of amides is 1. The van der Waals surface area contributed by atoms with Crippen molar-refractivity contribution in [1.82, 2.24) is 9.78 Å². The SMILES string of the molecule is O=C(Nc1cc(F)cc(F)c1)c1cnn(-c2ccc(Cl)cc2)c1C(F)(F)F. The Labute approximate surface area is 154 Å². The molecule has 4 nitrogen and oxygen atoms in total. The molecule has 0 unspecified atom stereocenters. The molecule has 1 aromatic heterocycles. The molecule has 0 saturated heterocycles. The maximum atomic E-state index is 13.5. The van der Waals surface area contributed by atoms with E-state index in [1.807, 2.05) is 5.32 Å². The van der Waals surface area contributed by atoms with E-state index < -0.39 is 35.0 Å². The maximum absolute atomic E-state index is 13.5. The molecule has 3 aromatic rings. The molecule has 0 spiro atoms. The number of hydrogen-bond acceptors (Lipinski definition) is 2. The van der Waals surface area contributed by atoms with Crippen LogP contribution < -0.4 is 5.32 Å². The zero-order chi connectivity index (χ0) is 19.8. The molecule has 10 heteroatoms. The fourth-order valence-corrected chi connectivity index (χ4v) is 2.52. The summed E-state index contributed by atoms with van der Waals surface area (Å²) in [4.78, 5) is 12.3. The van der Waals surface area contributed by atoms with E-state index in [0.717, 1.165) is 18.3 Å². The quantitative estimate of drug-likeness (QED) is 0.622. The number of rotatable bonds is 3. The standard InChI is InChI=1S/C17H9ClF5N3O/c18-9-1-3-13(4-2-9)26-15(17(21,22)23)14(8-24-26)16(27)25-12-6-10(19)5-11(20)7-12/h1-8H,(H,25,27). The molecule has 0 atom stereocenters. The number of carbonyl (C=O) groups is 1. The Kier molecular flexibility index (Phi) is 4.88. The number of carbonyl (C=O) groups excluding carboxylic acids is 1. The molecular weight excluding hydrogens is 393 g/mol. The van der Waals surface area contributed by atoms with Crippen molar-refractivity contribution in [3.63, 3.8) is 0 Å². The highest BCUT2D eigenvalue weighted by molar-refractivity contribution is 6.30. The predicted octanol–water partition coefficient (Wildman–Crippen LogP) is 5.08. The summed E-state index contributed by atoms with van der Waals surface area (Å²) >= 11 is 5.72. The smallest absolute Gasteiger partial charge is 0.322 e. The Bertz CT molecular complexity index is 979. The minimum absolute atomic E-state index is 0.0302. The topological polar surface area (TPSA) is 46.9 Å². The van der Waals surface area contributed by atoms with Gasteiger partial charge in [0.05, 0.1) is 17.4 Å². The Morgan fingerprint density at radius 3 is 2.19 bits per heavy atom. The molecule has 1 N–H and O–H groups in total. The van der Waals surface area contributed by atoms with Crippen LogP contribution in [0.3, 0.4) is 0 Å². The van der Waals surface area contributed by atoms with Crippen LogP contribution in [0.25, 0.3) is 5.69 Å². The molecule has 1 heterocycles. The van der Waals surface area contributed by atoms with Crippen LogP contribution in [0.2, 0.25) is 5.02 Å². The van der Waals surface area contributed by atoms with Gasteiger partial charge in [-0.2, -0.15) is 18.3 Å². The van der Waals surface area contributed by atoms with E-state index in [1.54, 1.807) is 0 Å². The fourth-order valence-electron chi connectivity index (χ4n) is 2.39. The summed E-state index contributed by atoms with van der Waals surface area (Å²) in [5.41, 5.74) is -2.44. The third-order valence-corrected chi connectivity index (χ3v) is 3.73. The van der Waals surface area contributed by atoms with E-state index in [4.69, 9.17) is 11.6 Å². The van der Waals surface area contributed by atoms with Gasteiger partial charge in [0.2, 0.25) is 0 Å². The van der Waals surface area contributed by atoms with Gasteiger partial charge in [-0.1, -0.05) is 11.6 Å². The molecule has 3 rings (SSSR count). The van der Waals surface area contributed by atoms with E-state index >= 15 is 0 Å². The molecule has 0 saturated carbocycles. The minimum atomic E-state index is -4.92. The summed E-state index contributed by atoms with van der Waals surface area (Å²) < 4.78 is 67.6. The number of nitrogens with zero attached hydrogens (tertiary/aromatic N) is 2. The van der Waals surface area contributed by atoms with Crippen molar-refractivity contribution in [3.8, 4) is 5.69 Å². The maximum Gasteiger partial charge on any atom is 0.434 e. The van der Waals surface area contributed by atoms with Gasteiger partial charge in [-0.3, -0.25) is 4.79 Å². The average molecular weight is 402 g/mol. The summed E-state index contributed by atoms with van der Waals surface area (Å²) in [5, 5.41) is 5.97. The van der Waals surface area contributed by atoms with Gasteiger partial charge < -0.3 is 5.32 Å². The number of anilines is 1. The van der Waals surface area contributed by atoms with Gasteiger partial charge >= 0.3 is 6.18 Å². The van der Waals surface area contributed by atoms with Gasteiger partial charge in [0, 0.05) is 16.8 Å². The summed E-state index contributed by atoms with van der Waals surface area (Å²) in [7, 11) is 0. The largest absolute Gasteiger partial charge is 0.434 e. The van der Waals surface area contributed by atoms with Gasteiger partial charge in [0.1, 0.15) is 11.6 Å². The van der Waals surface area contributed by atoms with Crippen molar-refractivity contribution in [1.29, 1.82) is 0 Å². The van der Waals surface area contributed by atoms with E-state index in [9.17, 15) is 26.7 Å². The molecular formula is C17H9ClF5N3O. The third kappa shape index (κ3) is 4.08. The number of hydrogen-bond donors (Lipinski definition) is 1. The van der Waals surface area contributed by atoms with Crippen LogP contribution in [0.5, 0.6) is 0 Å². The van der Waals surface area contributed by atoms with Crippen molar-refractivity contribution in [3.05, 3.63) is 76.6 Å². The first-order valence-electron chi connectivity index (χ1n) is 7.34. The van der Waals surface area contributed by atoms with E-state index in [1.165, 1.54) is 24.3 Å². The van der Waals surface area contributed by atoms with Gasteiger partial charge in [-0.05, 0) is 36.4 Å². The predicted molar refractivity (Wildman–Crippen MR) is 87.9 cm³/mol. The second kappa shape index (κ2) is 6.99. The summed E-state index contributed by atoms with van der Waals surface area (Å²) in [6, 6.07) is 7.45. The fraction of sp³-hybridized carbons (Fsp3) is 0.0588. The van der Waals surface area contributed by atoms with E-state index in [0.29, 0.717) is 15.8 Å². The highest BCUT2D eigenvalue weighted by atomic mass is 35.5. The van der Waals surface area contributed by atoms with Crippen LogP contribution in [0, 0.1) is 11.6 Å². The average Bonchev–Trinajstić information content (AvgIpc) is 3.00. The van der Waals surface area contributed by atoms with Crippen molar-refractivity contribution < 1.29 is 26.7 Å². The van der Waals surface area contributed by atoms with Crippen molar-refractivity contribution in [2.75, 3.05) is 5.32 Å². The zero-order valence-corrected chi connectivity index (χ0v) is 13.9. The normalized spacial score (nSPS) is 11.5. The lowest BCUT2D eigenvalue weighted by molar-refractivity contribution is -0.143. The van der Waals surface area contributed by atoms with Crippen LogP contribution in [0.4, 0.5) is 27.6 Å². The Hall–Kier alpha value is -2.94. The van der Waals surface area contributed by atoms with Gasteiger partial charge in [-0.25, -0.2) is 13.5 Å². The number of halogens is 6. The Balaban J connectivity index is 2.02. The molecule has 0 radical (unpaired) electrons. The number of benzene rings is 2. The van der Waals surface area contributed by atoms with Crippen LogP contribution >= 0.6 is 11.6 Å². The van der Waals surface area contributed by atoms with Gasteiger partial charge in [-0.15, -0.1) is 0 Å².